The second-order valence-corrected chi connectivity index (χ2v) is 7.82. The smallest absolute Gasteiger partial charge is 0.261 e. The van der Waals surface area contributed by atoms with Crippen LogP contribution in [0.2, 0.25) is 0 Å². The van der Waals surface area contributed by atoms with Gasteiger partial charge in [-0.25, -0.2) is 4.98 Å². The Balaban J connectivity index is 1.69. The highest BCUT2D eigenvalue weighted by Gasteiger charge is 2.16. The van der Waals surface area contributed by atoms with E-state index in [0.717, 1.165) is 21.3 Å². The number of halogens is 1. The van der Waals surface area contributed by atoms with Crippen molar-refractivity contribution in [3.8, 4) is 0 Å². The molecule has 0 saturated carbocycles. The van der Waals surface area contributed by atoms with Crippen molar-refractivity contribution in [2.45, 2.75) is 20.4 Å². The van der Waals surface area contributed by atoms with Crippen LogP contribution in [0.5, 0.6) is 0 Å². The molecule has 1 N–H and O–H groups in total. The van der Waals surface area contributed by atoms with Crippen molar-refractivity contribution in [2.24, 2.45) is 0 Å². The fourth-order valence-corrected chi connectivity index (χ4v) is 3.37. The molecule has 0 saturated heterocycles. The number of rotatable bonds is 5. The molecule has 3 aromatic rings. The Labute approximate surface area is 176 Å². The molecule has 0 fully saturated rings. The van der Waals surface area contributed by atoms with Crippen molar-refractivity contribution < 1.29 is 9.59 Å². The minimum atomic E-state index is -0.361. The molecule has 0 bridgehead atoms. The molecule has 7 nitrogen and oxygen atoms in total. The first-order chi connectivity index (χ1) is 13.8. The molecule has 0 atom stereocenters. The molecule has 0 radical (unpaired) electrons. The normalized spacial score (nSPS) is 10.8. The first kappa shape index (κ1) is 20.7. The van der Waals surface area contributed by atoms with E-state index < -0.39 is 0 Å². The Morgan fingerprint density at radius 1 is 1.17 bits per heavy atom. The summed E-state index contributed by atoms with van der Waals surface area (Å²) in [5, 5.41) is 3.27. The summed E-state index contributed by atoms with van der Waals surface area (Å²) < 4.78 is 2.00. The van der Waals surface area contributed by atoms with Gasteiger partial charge in [0.15, 0.2) is 0 Å². The molecular weight excluding hydrogens is 436 g/mol. The van der Waals surface area contributed by atoms with Gasteiger partial charge >= 0.3 is 0 Å². The third-order valence-electron chi connectivity index (χ3n) is 4.64. The van der Waals surface area contributed by atoms with Crippen molar-refractivity contribution in [1.82, 2.24) is 14.5 Å². The number of carbonyl (C=O) groups is 2. The van der Waals surface area contributed by atoms with Crippen LogP contribution >= 0.6 is 15.9 Å². The van der Waals surface area contributed by atoms with Gasteiger partial charge in [0.1, 0.15) is 6.54 Å². The molecule has 8 heteroatoms. The number of para-hydroxylation sites is 1. The van der Waals surface area contributed by atoms with Crippen molar-refractivity contribution in [3.63, 3.8) is 0 Å². The van der Waals surface area contributed by atoms with E-state index in [2.05, 4.69) is 26.2 Å². The van der Waals surface area contributed by atoms with Gasteiger partial charge in [-0.05, 0) is 43.2 Å². The Bertz CT molecular complexity index is 1140. The van der Waals surface area contributed by atoms with Gasteiger partial charge in [-0.1, -0.05) is 34.1 Å². The Hall–Kier alpha value is -3.00. The highest BCUT2D eigenvalue weighted by Crippen LogP contribution is 2.19. The molecule has 0 aliphatic heterocycles. The highest BCUT2D eigenvalue weighted by molar-refractivity contribution is 9.10. The molecule has 1 aromatic heterocycles. The van der Waals surface area contributed by atoms with Gasteiger partial charge in [0.2, 0.25) is 11.8 Å². The highest BCUT2D eigenvalue weighted by atomic mass is 79.9. The topological polar surface area (TPSA) is 84.3 Å². The first-order valence-corrected chi connectivity index (χ1v) is 9.80. The lowest BCUT2D eigenvalue weighted by Gasteiger charge is -2.18. The average molecular weight is 457 g/mol. The number of carbonyl (C=O) groups excluding carboxylic acids is 2. The maximum atomic E-state index is 12.6. The molecule has 2 aromatic carbocycles. The van der Waals surface area contributed by atoms with Crippen LogP contribution in [0.4, 0.5) is 5.69 Å². The standard InChI is InChI=1S/C21H21BrN4O3/c1-13-5-4-6-14(2)20(13)24-18(27)10-25(3)19(28)11-26-12-23-17-8-7-15(22)9-16(17)21(26)29/h4-9,12H,10-11H2,1-3H3,(H,24,27). The molecular formula is C21H21BrN4O3. The third-order valence-corrected chi connectivity index (χ3v) is 5.14. The summed E-state index contributed by atoms with van der Waals surface area (Å²) in [7, 11) is 1.53. The van der Waals surface area contributed by atoms with Crippen LogP contribution in [-0.4, -0.2) is 39.9 Å². The Morgan fingerprint density at radius 3 is 2.55 bits per heavy atom. The molecule has 150 valence electrons. The van der Waals surface area contributed by atoms with E-state index in [1.165, 1.54) is 22.8 Å². The second-order valence-electron chi connectivity index (χ2n) is 6.90. The van der Waals surface area contributed by atoms with E-state index in [9.17, 15) is 14.4 Å². The average Bonchev–Trinajstić information content (AvgIpc) is 2.67. The van der Waals surface area contributed by atoms with Crippen LogP contribution in [0.25, 0.3) is 10.9 Å². The Kier molecular flexibility index (Phi) is 6.12. The summed E-state index contributed by atoms with van der Waals surface area (Å²) in [6, 6.07) is 10.9. The van der Waals surface area contributed by atoms with E-state index >= 15 is 0 Å². The summed E-state index contributed by atoms with van der Waals surface area (Å²) in [5.41, 5.74) is 2.90. The SMILES string of the molecule is Cc1cccc(C)c1NC(=O)CN(C)C(=O)Cn1cnc2ccc(Br)cc2c1=O. The van der Waals surface area contributed by atoms with Gasteiger partial charge in [-0.3, -0.25) is 19.0 Å². The third kappa shape index (κ3) is 4.71. The van der Waals surface area contributed by atoms with E-state index in [4.69, 9.17) is 0 Å². The molecule has 2 amide bonds. The summed E-state index contributed by atoms with van der Waals surface area (Å²) in [4.78, 5) is 43.1. The lowest BCUT2D eigenvalue weighted by Crippen LogP contribution is -2.38. The molecule has 0 aliphatic carbocycles. The quantitative estimate of drug-likeness (QED) is 0.639. The van der Waals surface area contributed by atoms with E-state index in [-0.39, 0.29) is 30.5 Å². The van der Waals surface area contributed by atoms with Crippen LogP contribution < -0.4 is 10.9 Å². The van der Waals surface area contributed by atoms with Gasteiger partial charge in [0.25, 0.3) is 5.56 Å². The van der Waals surface area contributed by atoms with Crippen LogP contribution in [0.1, 0.15) is 11.1 Å². The molecule has 29 heavy (non-hydrogen) atoms. The minimum Gasteiger partial charge on any atom is -0.335 e. The van der Waals surface area contributed by atoms with Gasteiger partial charge in [0, 0.05) is 17.2 Å². The molecule has 0 spiro atoms. The predicted octanol–water partition coefficient (Wildman–Crippen LogP) is 2.87. The van der Waals surface area contributed by atoms with Crippen molar-refractivity contribution in [3.05, 3.63) is 68.7 Å². The molecule has 0 unspecified atom stereocenters. The maximum Gasteiger partial charge on any atom is 0.261 e. The number of hydrogen-bond donors (Lipinski definition) is 1. The van der Waals surface area contributed by atoms with Gasteiger partial charge in [-0.2, -0.15) is 0 Å². The number of likely N-dealkylation sites (N-methyl/N-ethyl adjacent to an activating group) is 1. The Morgan fingerprint density at radius 2 is 1.86 bits per heavy atom. The van der Waals surface area contributed by atoms with Crippen molar-refractivity contribution >= 4 is 44.3 Å². The van der Waals surface area contributed by atoms with Gasteiger partial charge in [-0.15, -0.1) is 0 Å². The van der Waals surface area contributed by atoms with Crippen molar-refractivity contribution in [2.75, 3.05) is 18.9 Å². The minimum absolute atomic E-state index is 0.117. The largest absolute Gasteiger partial charge is 0.335 e. The molecule has 1 heterocycles. The van der Waals surface area contributed by atoms with Crippen LogP contribution in [0, 0.1) is 13.8 Å². The zero-order valence-electron chi connectivity index (χ0n) is 16.4. The second kappa shape index (κ2) is 8.57. The number of nitrogens with zero attached hydrogens (tertiary/aromatic N) is 3. The van der Waals surface area contributed by atoms with E-state index in [1.54, 1.807) is 18.2 Å². The van der Waals surface area contributed by atoms with Crippen LogP contribution in [-0.2, 0) is 16.1 Å². The zero-order chi connectivity index (χ0) is 21.1. The van der Waals surface area contributed by atoms with E-state index in [0.29, 0.717) is 10.9 Å². The number of amides is 2. The lowest BCUT2D eigenvalue weighted by molar-refractivity contribution is -0.133. The summed E-state index contributed by atoms with van der Waals surface area (Å²) in [5.74, 6) is -0.661. The number of fused-ring (bicyclic) bond motifs is 1. The fraction of sp³-hybridized carbons (Fsp3) is 0.238. The maximum absolute atomic E-state index is 12.6. The van der Waals surface area contributed by atoms with E-state index in [1.807, 2.05) is 32.0 Å². The number of anilines is 1. The fourth-order valence-electron chi connectivity index (χ4n) is 3.00. The van der Waals surface area contributed by atoms with Crippen LogP contribution in [0.3, 0.4) is 0 Å². The number of hydrogen-bond acceptors (Lipinski definition) is 4. The summed E-state index contributed by atoms with van der Waals surface area (Å²) in [6.07, 6.45) is 1.35. The number of nitrogens with one attached hydrogen (secondary N) is 1. The molecule has 3 rings (SSSR count). The monoisotopic (exact) mass is 456 g/mol. The first-order valence-electron chi connectivity index (χ1n) is 9.01. The molecule has 0 aliphatic rings. The van der Waals surface area contributed by atoms with Crippen LogP contribution in [0.15, 0.2) is 52.0 Å². The lowest BCUT2D eigenvalue weighted by atomic mass is 10.1. The zero-order valence-corrected chi connectivity index (χ0v) is 18.0. The van der Waals surface area contributed by atoms with Crippen molar-refractivity contribution in [1.29, 1.82) is 0 Å². The summed E-state index contributed by atoms with van der Waals surface area (Å²) >= 11 is 3.33. The number of aromatic nitrogens is 2. The summed E-state index contributed by atoms with van der Waals surface area (Å²) in [6.45, 7) is 3.51. The van der Waals surface area contributed by atoms with Gasteiger partial charge < -0.3 is 10.2 Å². The number of benzene rings is 2. The predicted molar refractivity (Wildman–Crippen MR) is 116 cm³/mol. The number of aryl methyl sites for hydroxylation is 2. The van der Waals surface area contributed by atoms with Gasteiger partial charge in [0.05, 0.1) is 23.8 Å².